The Balaban J connectivity index is 2.11. The van der Waals surface area contributed by atoms with Crippen molar-refractivity contribution in [1.29, 1.82) is 0 Å². The van der Waals surface area contributed by atoms with E-state index in [9.17, 15) is 4.39 Å². The Morgan fingerprint density at radius 2 is 2.31 bits per heavy atom. The molecule has 0 saturated carbocycles. The van der Waals surface area contributed by atoms with E-state index in [4.69, 9.17) is 6.42 Å². The highest BCUT2D eigenvalue weighted by Gasteiger charge is 2.26. The quantitative estimate of drug-likeness (QED) is 0.598. The Labute approximate surface area is 76.4 Å². The predicted octanol–water partition coefficient (Wildman–Crippen LogP) is 1.22. The summed E-state index contributed by atoms with van der Waals surface area (Å²) in [5.74, 6) is 2.43. The second kappa shape index (κ2) is 3.06. The molecule has 0 aliphatic carbocycles. The van der Waals surface area contributed by atoms with Gasteiger partial charge in [0, 0.05) is 0 Å². The molecule has 0 bridgehead atoms. The van der Waals surface area contributed by atoms with Crippen LogP contribution in [-0.4, -0.2) is 24.2 Å². The number of hydrogen-bond acceptors (Lipinski definition) is 2. The van der Waals surface area contributed by atoms with Crippen LogP contribution in [0.15, 0.2) is 18.3 Å². The van der Waals surface area contributed by atoms with Crippen molar-refractivity contribution in [2.75, 3.05) is 18.0 Å². The number of halogens is 1. The first-order valence-electron chi connectivity index (χ1n) is 4.11. The molecule has 1 aromatic rings. The van der Waals surface area contributed by atoms with E-state index < -0.39 is 6.17 Å². The third-order valence-electron chi connectivity index (χ3n) is 2.10. The number of anilines is 1. The maximum atomic E-state index is 12.5. The van der Waals surface area contributed by atoms with E-state index in [0.29, 0.717) is 18.8 Å². The molecule has 1 saturated heterocycles. The topological polar surface area (TPSA) is 16.1 Å². The van der Waals surface area contributed by atoms with Crippen LogP contribution in [0.25, 0.3) is 0 Å². The van der Waals surface area contributed by atoms with Crippen LogP contribution in [0.4, 0.5) is 10.1 Å². The van der Waals surface area contributed by atoms with Crippen molar-refractivity contribution in [2.45, 2.75) is 6.17 Å². The fourth-order valence-electron chi connectivity index (χ4n) is 1.29. The molecule has 2 heterocycles. The summed E-state index contributed by atoms with van der Waals surface area (Å²) < 4.78 is 12.5. The van der Waals surface area contributed by atoms with Crippen LogP contribution in [0.5, 0.6) is 0 Å². The summed E-state index contributed by atoms with van der Waals surface area (Å²) >= 11 is 0. The molecule has 2 nitrogen and oxygen atoms in total. The molecule has 0 spiro atoms. The molecule has 1 aliphatic heterocycles. The minimum atomic E-state index is -0.688. The van der Waals surface area contributed by atoms with E-state index in [2.05, 4.69) is 10.9 Å². The predicted molar refractivity (Wildman–Crippen MR) is 49.3 cm³/mol. The third-order valence-corrected chi connectivity index (χ3v) is 2.10. The first-order chi connectivity index (χ1) is 6.29. The van der Waals surface area contributed by atoms with Gasteiger partial charge in [-0.1, -0.05) is 5.92 Å². The number of terminal acetylenes is 1. The first kappa shape index (κ1) is 8.06. The zero-order valence-electron chi connectivity index (χ0n) is 7.07. The molecule has 66 valence electrons. The van der Waals surface area contributed by atoms with Crippen molar-refractivity contribution in [3.63, 3.8) is 0 Å². The summed E-state index contributed by atoms with van der Waals surface area (Å²) in [6.07, 6.45) is 6.15. The zero-order chi connectivity index (χ0) is 9.26. The molecule has 0 aromatic carbocycles. The van der Waals surface area contributed by atoms with Crippen LogP contribution in [0.2, 0.25) is 0 Å². The van der Waals surface area contributed by atoms with Gasteiger partial charge in [-0.25, -0.2) is 9.37 Å². The Morgan fingerprint density at radius 1 is 1.54 bits per heavy atom. The summed E-state index contributed by atoms with van der Waals surface area (Å²) in [6.45, 7) is 0.939. The normalized spacial score (nSPS) is 16.5. The summed E-state index contributed by atoms with van der Waals surface area (Å²) in [5.41, 5.74) is 1.55. The number of pyridine rings is 1. The van der Waals surface area contributed by atoms with Crippen molar-refractivity contribution in [2.24, 2.45) is 0 Å². The van der Waals surface area contributed by atoms with Crippen molar-refractivity contribution in [3.8, 4) is 12.3 Å². The van der Waals surface area contributed by atoms with Crippen LogP contribution < -0.4 is 4.90 Å². The smallest absolute Gasteiger partial charge is 0.135 e. The Morgan fingerprint density at radius 3 is 2.77 bits per heavy atom. The highest BCUT2D eigenvalue weighted by molar-refractivity contribution is 5.48. The molecule has 13 heavy (non-hydrogen) atoms. The number of alkyl halides is 1. The number of nitrogens with zero attached hydrogens (tertiary/aromatic N) is 2. The summed E-state index contributed by atoms with van der Waals surface area (Å²) in [6, 6.07) is 3.63. The maximum absolute atomic E-state index is 12.5. The molecular formula is C10H9FN2. The van der Waals surface area contributed by atoms with Crippen LogP contribution in [0.1, 0.15) is 5.69 Å². The second-order valence-corrected chi connectivity index (χ2v) is 3.05. The summed E-state index contributed by atoms with van der Waals surface area (Å²) in [4.78, 5) is 5.95. The molecule has 0 N–H and O–H groups in total. The van der Waals surface area contributed by atoms with Crippen LogP contribution in [0, 0.1) is 12.3 Å². The van der Waals surface area contributed by atoms with Gasteiger partial charge in [-0.15, -0.1) is 6.42 Å². The van der Waals surface area contributed by atoms with Crippen molar-refractivity contribution in [3.05, 3.63) is 24.0 Å². The van der Waals surface area contributed by atoms with E-state index in [1.165, 1.54) is 0 Å². The molecule has 1 aromatic heterocycles. The van der Waals surface area contributed by atoms with Gasteiger partial charge in [0.1, 0.15) is 11.9 Å². The van der Waals surface area contributed by atoms with Crippen molar-refractivity contribution >= 4 is 5.69 Å². The van der Waals surface area contributed by atoms with Crippen LogP contribution in [0.3, 0.4) is 0 Å². The van der Waals surface area contributed by atoms with Gasteiger partial charge in [0.15, 0.2) is 0 Å². The standard InChI is InChI=1S/C10H9FN2/c1-2-9-3-4-10(5-12-9)13-6-8(11)7-13/h1,3-5,8H,6-7H2. The van der Waals surface area contributed by atoms with E-state index >= 15 is 0 Å². The average Bonchev–Trinajstić information content (AvgIpc) is 2.13. The Hall–Kier alpha value is -1.56. The van der Waals surface area contributed by atoms with Gasteiger partial charge in [0.25, 0.3) is 0 Å². The summed E-state index contributed by atoms with van der Waals surface area (Å²) in [5, 5.41) is 0. The lowest BCUT2D eigenvalue weighted by Crippen LogP contribution is -2.48. The fraction of sp³-hybridized carbons (Fsp3) is 0.300. The van der Waals surface area contributed by atoms with Gasteiger partial charge in [-0.3, -0.25) is 0 Å². The molecule has 0 atom stereocenters. The third kappa shape index (κ3) is 1.48. The van der Waals surface area contributed by atoms with E-state index in [1.54, 1.807) is 12.3 Å². The van der Waals surface area contributed by atoms with Gasteiger partial charge in [0.05, 0.1) is 25.0 Å². The van der Waals surface area contributed by atoms with Gasteiger partial charge < -0.3 is 4.90 Å². The average molecular weight is 176 g/mol. The highest BCUT2D eigenvalue weighted by atomic mass is 19.1. The SMILES string of the molecule is C#Cc1ccc(N2CC(F)C2)cn1. The Kier molecular flexibility index (Phi) is 1.90. The lowest BCUT2D eigenvalue weighted by Gasteiger charge is -2.36. The molecular weight excluding hydrogens is 167 g/mol. The number of aromatic nitrogens is 1. The van der Waals surface area contributed by atoms with Gasteiger partial charge in [-0.05, 0) is 12.1 Å². The summed E-state index contributed by atoms with van der Waals surface area (Å²) in [7, 11) is 0. The maximum Gasteiger partial charge on any atom is 0.135 e. The second-order valence-electron chi connectivity index (χ2n) is 3.05. The molecule has 0 amide bonds. The number of rotatable bonds is 1. The van der Waals surface area contributed by atoms with Gasteiger partial charge in [0.2, 0.25) is 0 Å². The first-order valence-corrected chi connectivity index (χ1v) is 4.11. The minimum Gasteiger partial charge on any atom is -0.364 e. The van der Waals surface area contributed by atoms with Gasteiger partial charge >= 0.3 is 0 Å². The minimum absolute atomic E-state index is 0.469. The fourth-order valence-corrected chi connectivity index (χ4v) is 1.29. The lowest BCUT2D eigenvalue weighted by molar-refractivity contribution is 0.274. The van der Waals surface area contributed by atoms with Crippen molar-refractivity contribution in [1.82, 2.24) is 4.98 Å². The highest BCUT2D eigenvalue weighted by Crippen LogP contribution is 2.21. The molecule has 0 radical (unpaired) electrons. The van der Waals surface area contributed by atoms with Crippen molar-refractivity contribution < 1.29 is 4.39 Å². The van der Waals surface area contributed by atoms with E-state index in [0.717, 1.165) is 5.69 Å². The zero-order valence-corrected chi connectivity index (χ0v) is 7.07. The van der Waals surface area contributed by atoms with Gasteiger partial charge in [-0.2, -0.15) is 0 Å². The van der Waals surface area contributed by atoms with Crippen LogP contribution >= 0.6 is 0 Å². The molecule has 1 fully saturated rings. The number of hydrogen-bond donors (Lipinski definition) is 0. The molecule has 0 unspecified atom stereocenters. The lowest BCUT2D eigenvalue weighted by atomic mass is 10.1. The van der Waals surface area contributed by atoms with E-state index in [-0.39, 0.29) is 0 Å². The molecule has 3 heteroatoms. The van der Waals surface area contributed by atoms with E-state index in [1.807, 2.05) is 11.0 Å². The molecule has 1 aliphatic rings. The Bertz CT molecular complexity index is 333. The largest absolute Gasteiger partial charge is 0.364 e. The monoisotopic (exact) mass is 176 g/mol. The van der Waals surface area contributed by atoms with Crippen LogP contribution in [-0.2, 0) is 0 Å². The molecule has 2 rings (SSSR count).